The lowest BCUT2D eigenvalue weighted by atomic mass is 10.0. The highest BCUT2D eigenvalue weighted by Crippen LogP contribution is 2.29. The first-order valence-electron chi connectivity index (χ1n) is 10.7. The molecular formula is C24H33N3O3. The zero-order valence-corrected chi connectivity index (χ0v) is 18.3. The first kappa shape index (κ1) is 22.0. The van der Waals surface area contributed by atoms with E-state index in [9.17, 15) is 9.90 Å². The quantitative estimate of drug-likeness (QED) is 0.582. The van der Waals surface area contributed by atoms with Crippen LogP contribution in [0.1, 0.15) is 39.2 Å². The number of carbonyl (C=O) groups is 1. The molecule has 1 amide bonds. The second-order valence-corrected chi connectivity index (χ2v) is 8.24. The zero-order chi connectivity index (χ0) is 21.7. The number of allylic oxidation sites excluding steroid dienone is 3. The maximum atomic E-state index is 12.9. The Morgan fingerprint density at radius 1 is 1.30 bits per heavy atom. The van der Waals surface area contributed by atoms with Crippen LogP contribution in [0.3, 0.4) is 0 Å². The standard InChI is InChI=1S/C24H33N3O3/c1-5-21-23(24(29)25-19(15-28)12-16(2)3)26-22-11-8-18(14-27(21)22)13-17-6-9-20(30-4)10-7-17/h6-11,14,16,19,22,26,28H,5,12-13,15H2,1-4H3,(H,25,29). The van der Waals surface area contributed by atoms with E-state index in [1.54, 1.807) is 7.11 Å². The molecule has 0 bridgehead atoms. The van der Waals surface area contributed by atoms with Crippen molar-refractivity contribution < 1.29 is 14.6 Å². The van der Waals surface area contributed by atoms with Gasteiger partial charge in [-0.2, -0.15) is 0 Å². The molecule has 162 valence electrons. The molecule has 0 spiro atoms. The molecule has 0 fully saturated rings. The smallest absolute Gasteiger partial charge is 0.269 e. The summed E-state index contributed by atoms with van der Waals surface area (Å²) in [6.45, 7) is 6.16. The van der Waals surface area contributed by atoms with Crippen LogP contribution in [-0.4, -0.2) is 41.8 Å². The molecule has 2 unspecified atom stereocenters. The van der Waals surface area contributed by atoms with Crippen LogP contribution >= 0.6 is 0 Å². The molecule has 2 aliphatic rings. The minimum absolute atomic E-state index is 0.0574. The number of amides is 1. The molecule has 1 aromatic carbocycles. The number of carbonyl (C=O) groups excluding carboxylic acids is 1. The van der Waals surface area contributed by atoms with Crippen molar-refractivity contribution in [1.82, 2.24) is 15.5 Å². The number of benzene rings is 1. The molecule has 0 aliphatic carbocycles. The highest BCUT2D eigenvalue weighted by atomic mass is 16.5. The monoisotopic (exact) mass is 411 g/mol. The number of aliphatic hydroxyl groups is 1. The van der Waals surface area contributed by atoms with E-state index in [4.69, 9.17) is 4.74 Å². The largest absolute Gasteiger partial charge is 0.497 e. The Bertz CT molecular complexity index is 840. The SMILES string of the molecule is CCC1=C(C(=O)NC(CO)CC(C)C)NC2C=CC(Cc3ccc(OC)cc3)=CN12. The Morgan fingerprint density at radius 3 is 2.63 bits per heavy atom. The summed E-state index contributed by atoms with van der Waals surface area (Å²) in [5.41, 5.74) is 3.95. The van der Waals surface area contributed by atoms with E-state index in [0.29, 0.717) is 11.6 Å². The lowest BCUT2D eigenvalue weighted by molar-refractivity contribution is -0.119. The number of nitrogens with one attached hydrogen (secondary N) is 2. The van der Waals surface area contributed by atoms with Gasteiger partial charge in [-0.25, -0.2) is 0 Å². The molecule has 0 aromatic heterocycles. The van der Waals surface area contributed by atoms with Crippen LogP contribution in [0.2, 0.25) is 0 Å². The van der Waals surface area contributed by atoms with E-state index < -0.39 is 0 Å². The van der Waals surface area contributed by atoms with Gasteiger partial charge < -0.3 is 25.4 Å². The fourth-order valence-electron chi connectivity index (χ4n) is 3.98. The van der Waals surface area contributed by atoms with Gasteiger partial charge in [-0.05, 0) is 54.5 Å². The lowest BCUT2D eigenvalue weighted by Gasteiger charge is -2.27. The normalized spacial score (nSPS) is 18.8. The Kier molecular flexibility index (Phi) is 7.21. The van der Waals surface area contributed by atoms with Gasteiger partial charge in [0.2, 0.25) is 0 Å². The third-order valence-electron chi connectivity index (χ3n) is 5.43. The Labute approximate surface area is 179 Å². The molecule has 3 rings (SSSR count). The summed E-state index contributed by atoms with van der Waals surface area (Å²) in [7, 11) is 1.67. The summed E-state index contributed by atoms with van der Waals surface area (Å²) in [4.78, 5) is 15.1. The molecule has 0 radical (unpaired) electrons. The number of hydrogen-bond donors (Lipinski definition) is 3. The van der Waals surface area contributed by atoms with Crippen LogP contribution in [0.25, 0.3) is 0 Å². The number of ether oxygens (including phenoxy) is 1. The average molecular weight is 412 g/mol. The van der Waals surface area contributed by atoms with Crippen molar-refractivity contribution in [2.24, 2.45) is 5.92 Å². The Morgan fingerprint density at radius 2 is 2.03 bits per heavy atom. The molecule has 30 heavy (non-hydrogen) atoms. The van der Waals surface area contributed by atoms with Gasteiger partial charge in [0, 0.05) is 11.9 Å². The van der Waals surface area contributed by atoms with E-state index in [0.717, 1.165) is 30.7 Å². The molecule has 0 saturated carbocycles. The summed E-state index contributed by atoms with van der Waals surface area (Å²) in [6.07, 6.45) is 8.56. The summed E-state index contributed by atoms with van der Waals surface area (Å²) < 4.78 is 5.23. The minimum Gasteiger partial charge on any atom is -0.497 e. The predicted molar refractivity (Wildman–Crippen MR) is 118 cm³/mol. The summed E-state index contributed by atoms with van der Waals surface area (Å²) in [5, 5.41) is 15.9. The van der Waals surface area contributed by atoms with Crippen molar-refractivity contribution in [3.05, 3.63) is 65.1 Å². The van der Waals surface area contributed by atoms with Crippen molar-refractivity contribution in [3.8, 4) is 5.75 Å². The maximum Gasteiger partial charge on any atom is 0.269 e. The van der Waals surface area contributed by atoms with Crippen LogP contribution < -0.4 is 15.4 Å². The van der Waals surface area contributed by atoms with Gasteiger partial charge in [0.05, 0.1) is 19.8 Å². The van der Waals surface area contributed by atoms with Crippen molar-refractivity contribution in [3.63, 3.8) is 0 Å². The summed E-state index contributed by atoms with van der Waals surface area (Å²) in [6, 6.07) is 7.84. The van der Waals surface area contributed by atoms with Gasteiger partial charge in [-0.15, -0.1) is 0 Å². The number of fused-ring (bicyclic) bond motifs is 1. The second-order valence-electron chi connectivity index (χ2n) is 8.24. The van der Waals surface area contributed by atoms with E-state index in [2.05, 4.69) is 66.8 Å². The Hall–Kier alpha value is -2.73. The van der Waals surface area contributed by atoms with Crippen molar-refractivity contribution in [2.75, 3.05) is 13.7 Å². The van der Waals surface area contributed by atoms with Gasteiger partial charge >= 0.3 is 0 Å². The molecular weight excluding hydrogens is 378 g/mol. The summed E-state index contributed by atoms with van der Waals surface area (Å²) >= 11 is 0. The van der Waals surface area contributed by atoms with Crippen LogP contribution in [0.15, 0.2) is 59.6 Å². The fraction of sp³-hybridized carbons (Fsp3) is 0.458. The molecule has 6 heteroatoms. The first-order valence-corrected chi connectivity index (χ1v) is 10.7. The molecule has 1 aromatic rings. The van der Waals surface area contributed by atoms with E-state index in [1.165, 1.54) is 11.1 Å². The number of methoxy groups -OCH3 is 1. The predicted octanol–water partition coefficient (Wildman–Crippen LogP) is 3.07. The van der Waals surface area contributed by atoms with Gasteiger partial charge in [0.15, 0.2) is 0 Å². The number of nitrogens with zero attached hydrogens (tertiary/aromatic N) is 1. The third kappa shape index (κ3) is 5.05. The van der Waals surface area contributed by atoms with Crippen molar-refractivity contribution in [1.29, 1.82) is 0 Å². The number of rotatable bonds is 9. The molecule has 2 heterocycles. The number of hydrogen-bond acceptors (Lipinski definition) is 5. The fourth-order valence-corrected chi connectivity index (χ4v) is 3.98. The van der Waals surface area contributed by atoms with Crippen molar-refractivity contribution in [2.45, 2.75) is 52.2 Å². The highest BCUT2D eigenvalue weighted by Gasteiger charge is 2.33. The van der Waals surface area contributed by atoms with E-state index in [-0.39, 0.29) is 24.7 Å². The van der Waals surface area contributed by atoms with E-state index >= 15 is 0 Å². The topological polar surface area (TPSA) is 73.8 Å². The third-order valence-corrected chi connectivity index (χ3v) is 5.43. The minimum atomic E-state index is -0.237. The van der Waals surface area contributed by atoms with Crippen molar-refractivity contribution >= 4 is 5.91 Å². The Balaban J connectivity index is 1.74. The lowest BCUT2D eigenvalue weighted by Crippen LogP contribution is -2.42. The molecule has 6 nitrogen and oxygen atoms in total. The van der Waals surface area contributed by atoms with Gasteiger partial charge in [-0.1, -0.05) is 39.0 Å². The van der Waals surface area contributed by atoms with Crippen LogP contribution in [-0.2, 0) is 11.2 Å². The number of aliphatic hydroxyl groups excluding tert-OH is 1. The highest BCUT2D eigenvalue weighted by molar-refractivity contribution is 5.94. The van der Waals surface area contributed by atoms with E-state index in [1.807, 2.05) is 12.1 Å². The first-order chi connectivity index (χ1) is 14.4. The van der Waals surface area contributed by atoms with Gasteiger partial charge in [0.1, 0.15) is 17.6 Å². The molecule has 3 N–H and O–H groups in total. The molecule has 2 aliphatic heterocycles. The second kappa shape index (κ2) is 9.85. The van der Waals surface area contributed by atoms with Crippen LogP contribution in [0.5, 0.6) is 5.75 Å². The zero-order valence-electron chi connectivity index (χ0n) is 18.3. The van der Waals surface area contributed by atoms with Crippen LogP contribution in [0.4, 0.5) is 0 Å². The molecule has 2 atom stereocenters. The maximum absolute atomic E-state index is 12.9. The van der Waals surface area contributed by atoms with Gasteiger partial charge in [0.25, 0.3) is 5.91 Å². The summed E-state index contributed by atoms with van der Waals surface area (Å²) in [5.74, 6) is 1.09. The average Bonchev–Trinajstić information content (AvgIpc) is 3.11. The van der Waals surface area contributed by atoms with Crippen LogP contribution in [0, 0.1) is 5.92 Å². The van der Waals surface area contributed by atoms with Gasteiger partial charge in [-0.3, -0.25) is 4.79 Å². The molecule has 0 saturated heterocycles.